The average molecular weight is 451 g/mol. The number of hydrogen-bond acceptors (Lipinski definition) is 6. The van der Waals surface area contributed by atoms with E-state index in [1.54, 1.807) is 38.6 Å². The van der Waals surface area contributed by atoms with Crippen molar-refractivity contribution in [3.63, 3.8) is 0 Å². The number of piperidine rings is 1. The quantitative estimate of drug-likeness (QED) is 0.590. The van der Waals surface area contributed by atoms with Gasteiger partial charge in [-0.25, -0.2) is 14.4 Å². The van der Waals surface area contributed by atoms with E-state index in [2.05, 4.69) is 20.2 Å². The molecule has 1 saturated heterocycles. The Hall–Kier alpha value is -3.68. The van der Waals surface area contributed by atoms with Crippen molar-refractivity contribution in [2.75, 3.05) is 32.2 Å². The first kappa shape index (κ1) is 22.5. The molecule has 2 aromatic carbocycles. The zero-order valence-electron chi connectivity index (χ0n) is 18.8. The molecule has 2 heterocycles. The summed E-state index contributed by atoms with van der Waals surface area (Å²) in [5, 5.41) is 3.04. The van der Waals surface area contributed by atoms with Crippen molar-refractivity contribution >= 4 is 11.7 Å². The topological polar surface area (TPSA) is 76.6 Å². The molecule has 1 N–H and O–H groups in total. The number of nitrogens with one attached hydrogen (secondary N) is 1. The van der Waals surface area contributed by atoms with E-state index >= 15 is 0 Å². The first-order chi connectivity index (χ1) is 16.1. The van der Waals surface area contributed by atoms with Crippen LogP contribution in [0.3, 0.4) is 0 Å². The second kappa shape index (κ2) is 10.3. The predicted molar refractivity (Wildman–Crippen MR) is 124 cm³/mol. The van der Waals surface area contributed by atoms with Crippen LogP contribution in [0, 0.1) is 11.7 Å². The summed E-state index contributed by atoms with van der Waals surface area (Å²) in [7, 11) is 3.20. The lowest BCUT2D eigenvalue weighted by atomic mass is 9.97. The minimum Gasteiger partial charge on any atom is -0.497 e. The zero-order valence-corrected chi connectivity index (χ0v) is 18.8. The molecule has 1 amide bonds. The molecule has 172 valence electrons. The van der Waals surface area contributed by atoms with E-state index in [9.17, 15) is 9.18 Å². The number of amides is 1. The number of nitrogens with zero attached hydrogens (tertiary/aromatic N) is 3. The van der Waals surface area contributed by atoms with Crippen molar-refractivity contribution in [2.45, 2.75) is 19.4 Å². The summed E-state index contributed by atoms with van der Waals surface area (Å²) in [5.41, 5.74) is 1.51. The summed E-state index contributed by atoms with van der Waals surface area (Å²) >= 11 is 0. The average Bonchev–Trinajstić information content (AvgIpc) is 2.87. The van der Waals surface area contributed by atoms with E-state index in [1.165, 1.54) is 12.1 Å². The van der Waals surface area contributed by atoms with Gasteiger partial charge in [-0.15, -0.1) is 0 Å². The van der Waals surface area contributed by atoms with E-state index in [0.717, 1.165) is 30.8 Å². The van der Waals surface area contributed by atoms with Crippen LogP contribution in [0.25, 0.3) is 11.4 Å². The monoisotopic (exact) mass is 450 g/mol. The molecule has 1 atom stereocenters. The summed E-state index contributed by atoms with van der Waals surface area (Å²) in [5.74, 6) is 2.08. The van der Waals surface area contributed by atoms with Crippen LogP contribution in [0.4, 0.5) is 10.2 Å². The number of carbonyl (C=O) groups excluding carboxylic acids is 1. The molecule has 0 spiro atoms. The van der Waals surface area contributed by atoms with Crippen LogP contribution in [0.1, 0.15) is 18.4 Å². The highest BCUT2D eigenvalue weighted by atomic mass is 19.1. The largest absolute Gasteiger partial charge is 0.497 e. The molecule has 1 fully saturated rings. The Bertz CT molecular complexity index is 1120. The summed E-state index contributed by atoms with van der Waals surface area (Å²) in [4.78, 5) is 23.9. The molecule has 0 aliphatic carbocycles. The number of hydrogen-bond donors (Lipinski definition) is 1. The number of ether oxygens (including phenoxy) is 2. The Labute approximate surface area is 192 Å². The van der Waals surface area contributed by atoms with Gasteiger partial charge in [0, 0.05) is 43.0 Å². The van der Waals surface area contributed by atoms with Crippen LogP contribution in [0.5, 0.6) is 11.5 Å². The fourth-order valence-corrected chi connectivity index (χ4v) is 4.02. The van der Waals surface area contributed by atoms with Gasteiger partial charge in [0.15, 0.2) is 5.82 Å². The number of rotatable bonds is 7. The number of methoxy groups -OCH3 is 2. The third-order valence-corrected chi connectivity index (χ3v) is 5.79. The van der Waals surface area contributed by atoms with Gasteiger partial charge in [0.1, 0.15) is 23.1 Å². The molecule has 0 saturated carbocycles. The van der Waals surface area contributed by atoms with Crippen molar-refractivity contribution in [1.29, 1.82) is 0 Å². The molecule has 4 rings (SSSR count). The predicted octanol–water partition coefficient (Wildman–Crippen LogP) is 3.83. The lowest BCUT2D eigenvalue weighted by molar-refractivity contribution is -0.125. The summed E-state index contributed by atoms with van der Waals surface area (Å²) in [6.45, 7) is 1.74. The fraction of sp³-hybridized carbons (Fsp3) is 0.320. The third kappa shape index (κ3) is 5.39. The smallest absolute Gasteiger partial charge is 0.225 e. The van der Waals surface area contributed by atoms with Gasteiger partial charge in [0.2, 0.25) is 5.91 Å². The maximum atomic E-state index is 13.6. The van der Waals surface area contributed by atoms with Gasteiger partial charge in [0.05, 0.1) is 20.1 Å². The molecule has 1 aliphatic heterocycles. The van der Waals surface area contributed by atoms with E-state index in [0.29, 0.717) is 36.0 Å². The van der Waals surface area contributed by atoms with E-state index in [-0.39, 0.29) is 17.6 Å². The Morgan fingerprint density at radius 3 is 2.85 bits per heavy atom. The van der Waals surface area contributed by atoms with Gasteiger partial charge < -0.3 is 19.7 Å². The van der Waals surface area contributed by atoms with Crippen molar-refractivity contribution in [2.24, 2.45) is 5.92 Å². The van der Waals surface area contributed by atoms with Crippen molar-refractivity contribution in [3.05, 3.63) is 66.1 Å². The van der Waals surface area contributed by atoms with Gasteiger partial charge in [-0.3, -0.25) is 4.79 Å². The van der Waals surface area contributed by atoms with E-state index < -0.39 is 0 Å². The number of anilines is 1. The zero-order chi connectivity index (χ0) is 23.2. The molecule has 1 aromatic heterocycles. The maximum absolute atomic E-state index is 13.6. The van der Waals surface area contributed by atoms with Gasteiger partial charge in [-0.05, 0) is 43.2 Å². The van der Waals surface area contributed by atoms with Gasteiger partial charge in [-0.1, -0.05) is 12.1 Å². The molecule has 8 heteroatoms. The fourth-order valence-electron chi connectivity index (χ4n) is 4.02. The molecule has 33 heavy (non-hydrogen) atoms. The van der Waals surface area contributed by atoms with Gasteiger partial charge >= 0.3 is 0 Å². The summed E-state index contributed by atoms with van der Waals surface area (Å²) < 4.78 is 24.2. The van der Waals surface area contributed by atoms with Crippen LogP contribution in [-0.4, -0.2) is 43.2 Å². The highest BCUT2D eigenvalue weighted by Crippen LogP contribution is 2.26. The van der Waals surface area contributed by atoms with E-state index in [1.807, 2.05) is 18.2 Å². The molecule has 7 nitrogen and oxygen atoms in total. The highest BCUT2D eigenvalue weighted by molar-refractivity contribution is 5.79. The van der Waals surface area contributed by atoms with Crippen LogP contribution in [0.15, 0.2) is 54.7 Å². The highest BCUT2D eigenvalue weighted by Gasteiger charge is 2.27. The lowest BCUT2D eigenvalue weighted by Gasteiger charge is -2.33. The number of benzene rings is 2. The van der Waals surface area contributed by atoms with Crippen LogP contribution >= 0.6 is 0 Å². The number of halogens is 1. The minimum atomic E-state index is -0.329. The molecule has 0 radical (unpaired) electrons. The standard InChI is InChI=1S/C25H27FN4O3/c1-32-21-9-8-18(22(14-21)33-2)15-28-25(31)19-6-4-12-30(16-19)23-10-11-27-24(29-23)17-5-3-7-20(26)13-17/h3,5,7-11,13-14,19H,4,6,12,15-16H2,1-2H3,(H,28,31)/t19-/m0/s1. The Morgan fingerprint density at radius 1 is 1.18 bits per heavy atom. The molecule has 1 aliphatic rings. The molecular weight excluding hydrogens is 423 g/mol. The van der Waals surface area contributed by atoms with Crippen molar-refractivity contribution < 1.29 is 18.7 Å². The third-order valence-electron chi connectivity index (χ3n) is 5.79. The second-order valence-corrected chi connectivity index (χ2v) is 7.93. The van der Waals surface area contributed by atoms with Crippen molar-refractivity contribution in [3.8, 4) is 22.9 Å². The van der Waals surface area contributed by atoms with Crippen molar-refractivity contribution in [1.82, 2.24) is 15.3 Å². The Morgan fingerprint density at radius 2 is 2.06 bits per heavy atom. The lowest BCUT2D eigenvalue weighted by Crippen LogP contribution is -2.43. The van der Waals surface area contributed by atoms with Gasteiger partial charge in [-0.2, -0.15) is 0 Å². The number of carbonyl (C=O) groups is 1. The Balaban J connectivity index is 1.41. The van der Waals surface area contributed by atoms with Crippen LogP contribution < -0.4 is 19.7 Å². The normalized spacial score (nSPS) is 15.7. The summed E-state index contributed by atoms with van der Waals surface area (Å²) in [6.07, 6.45) is 3.36. The summed E-state index contributed by atoms with van der Waals surface area (Å²) in [6, 6.07) is 13.6. The minimum absolute atomic E-state index is 0.00280. The number of aromatic nitrogens is 2. The van der Waals surface area contributed by atoms with Crippen LogP contribution in [-0.2, 0) is 11.3 Å². The second-order valence-electron chi connectivity index (χ2n) is 7.93. The maximum Gasteiger partial charge on any atom is 0.225 e. The molecule has 3 aromatic rings. The molecular formula is C25H27FN4O3. The van der Waals surface area contributed by atoms with E-state index in [4.69, 9.17) is 9.47 Å². The molecule has 0 bridgehead atoms. The van der Waals surface area contributed by atoms with Crippen LogP contribution in [0.2, 0.25) is 0 Å². The molecule has 0 unspecified atom stereocenters. The van der Waals surface area contributed by atoms with Gasteiger partial charge in [0.25, 0.3) is 0 Å². The first-order valence-corrected chi connectivity index (χ1v) is 10.9. The SMILES string of the molecule is COc1ccc(CNC(=O)[C@H]2CCCN(c3ccnc(-c4cccc(F)c4)n3)C2)c(OC)c1. The first-order valence-electron chi connectivity index (χ1n) is 10.9. The Kier molecular flexibility index (Phi) is 7.02.